The fourth-order valence-electron chi connectivity index (χ4n) is 3.71. The van der Waals surface area contributed by atoms with Crippen molar-refractivity contribution in [2.75, 3.05) is 30.3 Å². The van der Waals surface area contributed by atoms with E-state index in [1.54, 1.807) is 0 Å². The van der Waals surface area contributed by atoms with Gasteiger partial charge in [0.1, 0.15) is 0 Å². The van der Waals surface area contributed by atoms with Crippen molar-refractivity contribution < 1.29 is 9.21 Å². The number of nitrogens with zero attached hydrogens (tertiary/aromatic N) is 2. The normalized spacial score (nSPS) is 14.6. The standard InChI is InChI=1S/C23H35N5O2/c1-2-3-15-24-16-7-8-17-25-23-28-27-22(30-23)19-11-13-20(14-12-19)26-21(29)18-9-5-4-6-10-18/h11-14,18,24H,2-10,15-17H2,1H3,(H,25,28)(H,26,29). The highest BCUT2D eigenvalue weighted by atomic mass is 16.4. The predicted octanol–water partition coefficient (Wildman–Crippen LogP) is 4.84. The summed E-state index contributed by atoms with van der Waals surface area (Å²) in [6, 6.07) is 8.02. The minimum atomic E-state index is 0.132. The van der Waals surface area contributed by atoms with E-state index in [1.807, 2.05) is 24.3 Å². The molecule has 3 rings (SSSR count). The molecule has 1 fully saturated rings. The van der Waals surface area contributed by atoms with E-state index in [4.69, 9.17) is 4.42 Å². The molecule has 1 saturated carbocycles. The molecule has 0 bridgehead atoms. The zero-order valence-electron chi connectivity index (χ0n) is 18.1. The molecule has 2 aromatic rings. The number of aromatic nitrogens is 2. The van der Waals surface area contributed by atoms with Crippen LogP contribution in [0.1, 0.15) is 64.7 Å². The fraction of sp³-hybridized carbons (Fsp3) is 0.609. The molecule has 0 aliphatic heterocycles. The summed E-state index contributed by atoms with van der Waals surface area (Å²) in [7, 11) is 0. The number of nitrogens with one attached hydrogen (secondary N) is 3. The Morgan fingerprint density at radius 2 is 1.73 bits per heavy atom. The maximum Gasteiger partial charge on any atom is 0.315 e. The molecule has 1 amide bonds. The van der Waals surface area contributed by atoms with Crippen molar-refractivity contribution in [1.82, 2.24) is 15.5 Å². The van der Waals surface area contributed by atoms with Crippen molar-refractivity contribution in [2.24, 2.45) is 5.92 Å². The Bertz CT molecular complexity index is 753. The summed E-state index contributed by atoms with van der Waals surface area (Å²) in [5.74, 6) is 0.756. The molecule has 3 N–H and O–H groups in total. The maximum absolute atomic E-state index is 12.4. The molecule has 164 valence electrons. The topological polar surface area (TPSA) is 92.1 Å². The summed E-state index contributed by atoms with van der Waals surface area (Å²) >= 11 is 0. The third-order valence-electron chi connectivity index (χ3n) is 5.56. The molecule has 1 heterocycles. The van der Waals surface area contributed by atoms with Gasteiger partial charge in [-0.1, -0.05) is 37.7 Å². The first-order valence-corrected chi connectivity index (χ1v) is 11.5. The van der Waals surface area contributed by atoms with Crippen molar-refractivity contribution in [3.63, 3.8) is 0 Å². The Balaban J connectivity index is 1.40. The number of rotatable bonds is 12. The van der Waals surface area contributed by atoms with E-state index in [0.29, 0.717) is 11.9 Å². The van der Waals surface area contributed by atoms with Gasteiger partial charge in [-0.05, 0) is 69.5 Å². The third kappa shape index (κ3) is 7.13. The molecule has 0 saturated heterocycles. The first-order chi connectivity index (χ1) is 14.8. The van der Waals surface area contributed by atoms with Crippen LogP contribution in [0.5, 0.6) is 0 Å². The van der Waals surface area contributed by atoms with Crippen LogP contribution in [0, 0.1) is 5.92 Å². The summed E-state index contributed by atoms with van der Waals surface area (Å²) in [6.07, 6.45) is 10.2. The summed E-state index contributed by atoms with van der Waals surface area (Å²) in [6.45, 7) is 5.15. The Labute approximate surface area is 179 Å². The largest absolute Gasteiger partial charge is 0.403 e. The predicted molar refractivity (Wildman–Crippen MR) is 120 cm³/mol. The highest BCUT2D eigenvalue weighted by molar-refractivity contribution is 5.92. The van der Waals surface area contributed by atoms with E-state index in [0.717, 1.165) is 69.4 Å². The van der Waals surface area contributed by atoms with Gasteiger partial charge >= 0.3 is 6.01 Å². The van der Waals surface area contributed by atoms with E-state index in [1.165, 1.54) is 19.3 Å². The molecule has 1 aromatic heterocycles. The number of benzene rings is 1. The Kier molecular flexibility index (Phi) is 9.15. The lowest BCUT2D eigenvalue weighted by molar-refractivity contribution is -0.120. The Morgan fingerprint density at radius 1 is 1.00 bits per heavy atom. The molecule has 0 radical (unpaired) electrons. The van der Waals surface area contributed by atoms with Crippen molar-refractivity contribution >= 4 is 17.6 Å². The molecule has 0 spiro atoms. The first kappa shape index (κ1) is 22.3. The van der Waals surface area contributed by atoms with Crippen molar-refractivity contribution in [3.05, 3.63) is 24.3 Å². The quantitative estimate of drug-likeness (QED) is 0.431. The van der Waals surface area contributed by atoms with Crippen LogP contribution in [0.4, 0.5) is 11.7 Å². The number of hydrogen-bond donors (Lipinski definition) is 3. The monoisotopic (exact) mass is 413 g/mol. The van der Waals surface area contributed by atoms with Crippen LogP contribution in [-0.2, 0) is 4.79 Å². The smallest absolute Gasteiger partial charge is 0.315 e. The van der Waals surface area contributed by atoms with E-state index < -0.39 is 0 Å². The van der Waals surface area contributed by atoms with Gasteiger partial charge < -0.3 is 20.4 Å². The molecule has 7 heteroatoms. The lowest BCUT2D eigenvalue weighted by atomic mass is 9.88. The van der Waals surface area contributed by atoms with Crippen molar-refractivity contribution in [3.8, 4) is 11.5 Å². The van der Waals surface area contributed by atoms with Gasteiger partial charge in [0.05, 0.1) is 0 Å². The van der Waals surface area contributed by atoms with E-state index in [-0.39, 0.29) is 11.8 Å². The average molecular weight is 414 g/mol. The molecule has 1 aliphatic carbocycles. The molecule has 1 aliphatic rings. The summed E-state index contributed by atoms with van der Waals surface area (Å²) in [5.41, 5.74) is 1.64. The lowest BCUT2D eigenvalue weighted by Gasteiger charge is -2.20. The Hall–Kier alpha value is -2.41. The second kappa shape index (κ2) is 12.3. The second-order valence-corrected chi connectivity index (χ2v) is 8.05. The summed E-state index contributed by atoms with van der Waals surface area (Å²) in [5, 5.41) is 17.8. The molecular formula is C23H35N5O2. The van der Waals surface area contributed by atoms with Gasteiger partial charge in [-0.2, -0.15) is 0 Å². The number of amides is 1. The highest BCUT2D eigenvalue weighted by Gasteiger charge is 2.21. The zero-order chi connectivity index (χ0) is 21.0. The van der Waals surface area contributed by atoms with Gasteiger partial charge in [-0.25, -0.2) is 0 Å². The van der Waals surface area contributed by atoms with Crippen LogP contribution < -0.4 is 16.0 Å². The van der Waals surface area contributed by atoms with Crippen molar-refractivity contribution in [1.29, 1.82) is 0 Å². The second-order valence-electron chi connectivity index (χ2n) is 8.05. The minimum absolute atomic E-state index is 0.132. The van der Waals surface area contributed by atoms with Crippen LogP contribution in [0.15, 0.2) is 28.7 Å². The Morgan fingerprint density at radius 3 is 2.50 bits per heavy atom. The molecular weight excluding hydrogens is 378 g/mol. The first-order valence-electron chi connectivity index (χ1n) is 11.5. The van der Waals surface area contributed by atoms with Crippen molar-refractivity contribution in [2.45, 2.75) is 64.7 Å². The fourth-order valence-corrected chi connectivity index (χ4v) is 3.71. The highest BCUT2D eigenvalue weighted by Crippen LogP contribution is 2.26. The number of unbranched alkanes of at least 4 members (excludes halogenated alkanes) is 2. The van der Waals surface area contributed by atoms with E-state index in [9.17, 15) is 4.79 Å². The molecule has 0 atom stereocenters. The van der Waals surface area contributed by atoms with Gasteiger partial charge in [0.15, 0.2) is 0 Å². The van der Waals surface area contributed by atoms with Crippen LogP contribution in [0.3, 0.4) is 0 Å². The minimum Gasteiger partial charge on any atom is -0.403 e. The molecule has 30 heavy (non-hydrogen) atoms. The lowest BCUT2D eigenvalue weighted by Crippen LogP contribution is -2.24. The SMILES string of the molecule is CCCCNCCCCNc1nnc(-c2ccc(NC(=O)C3CCCCC3)cc2)o1. The summed E-state index contributed by atoms with van der Waals surface area (Å²) < 4.78 is 5.71. The summed E-state index contributed by atoms with van der Waals surface area (Å²) in [4.78, 5) is 12.4. The van der Waals surface area contributed by atoms with Gasteiger partial charge in [-0.3, -0.25) is 4.79 Å². The maximum atomic E-state index is 12.4. The van der Waals surface area contributed by atoms with E-state index in [2.05, 4.69) is 33.1 Å². The number of hydrogen-bond acceptors (Lipinski definition) is 6. The third-order valence-corrected chi connectivity index (χ3v) is 5.56. The van der Waals surface area contributed by atoms with Gasteiger partial charge in [0.2, 0.25) is 11.8 Å². The van der Waals surface area contributed by atoms with Crippen LogP contribution in [0.25, 0.3) is 11.5 Å². The van der Waals surface area contributed by atoms with Gasteiger partial charge in [0.25, 0.3) is 0 Å². The number of carbonyl (C=O) groups is 1. The van der Waals surface area contributed by atoms with Crippen LogP contribution in [0.2, 0.25) is 0 Å². The van der Waals surface area contributed by atoms with Crippen LogP contribution in [-0.4, -0.2) is 35.7 Å². The van der Waals surface area contributed by atoms with E-state index >= 15 is 0 Å². The molecule has 1 aromatic carbocycles. The molecule has 0 unspecified atom stereocenters. The van der Waals surface area contributed by atoms with Gasteiger partial charge in [0, 0.05) is 23.7 Å². The van der Waals surface area contributed by atoms with Crippen LogP contribution >= 0.6 is 0 Å². The zero-order valence-corrected chi connectivity index (χ0v) is 18.1. The van der Waals surface area contributed by atoms with Gasteiger partial charge in [-0.15, -0.1) is 5.10 Å². The average Bonchev–Trinajstić information content (AvgIpc) is 3.25. The number of carbonyl (C=O) groups excluding carboxylic acids is 1. The molecule has 7 nitrogen and oxygen atoms in total. The number of anilines is 2.